The van der Waals surface area contributed by atoms with Gasteiger partial charge in [-0.1, -0.05) is 77.3 Å². The van der Waals surface area contributed by atoms with Gasteiger partial charge in [0.15, 0.2) is 0 Å². The molecule has 0 saturated carbocycles. The largest absolute Gasteiger partial charge is 0.302 e. The molecule has 0 radical (unpaired) electrons. The third-order valence-corrected chi connectivity index (χ3v) is 5.64. The maximum atomic E-state index is 2.69. The van der Waals surface area contributed by atoms with E-state index < -0.39 is 0 Å². The summed E-state index contributed by atoms with van der Waals surface area (Å²) in [6.45, 7) is 8.47. The van der Waals surface area contributed by atoms with Crippen LogP contribution in [-0.2, 0) is 0 Å². The Morgan fingerprint density at radius 2 is 1.68 bits per heavy atom. The Morgan fingerprint density at radius 3 is 2.24 bits per heavy atom. The lowest BCUT2D eigenvalue weighted by Gasteiger charge is -2.36. The van der Waals surface area contributed by atoms with Gasteiger partial charge in [0.1, 0.15) is 0 Å². The molecule has 140 valence electrons. The van der Waals surface area contributed by atoms with Gasteiger partial charge in [-0.15, -0.1) is 0 Å². The number of hydrogen-bond acceptors (Lipinski definition) is 1. The molecular formula is C24H39N. The van der Waals surface area contributed by atoms with Crippen molar-refractivity contribution in [1.82, 2.24) is 4.90 Å². The van der Waals surface area contributed by atoms with E-state index in [9.17, 15) is 0 Å². The quantitative estimate of drug-likeness (QED) is 0.577. The first kappa shape index (κ1) is 21.7. The van der Waals surface area contributed by atoms with Crippen molar-refractivity contribution < 1.29 is 0 Å². The van der Waals surface area contributed by atoms with Crippen molar-refractivity contribution in [3.63, 3.8) is 0 Å². The van der Waals surface area contributed by atoms with Crippen LogP contribution in [0.1, 0.15) is 65.9 Å². The number of hydrogen-bond donors (Lipinski definition) is 0. The number of benzene rings is 1. The Bertz CT molecular complexity index is 532. The lowest BCUT2D eigenvalue weighted by molar-refractivity contribution is 0.154. The minimum absolute atomic E-state index is 0. The van der Waals surface area contributed by atoms with Crippen LogP contribution in [0.5, 0.6) is 0 Å². The van der Waals surface area contributed by atoms with Crippen molar-refractivity contribution in [2.75, 3.05) is 19.6 Å². The zero-order valence-electron chi connectivity index (χ0n) is 14.7. The van der Waals surface area contributed by atoms with Crippen molar-refractivity contribution in [2.45, 2.75) is 60.3 Å². The van der Waals surface area contributed by atoms with Gasteiger partial charge in [-0.2, -0.15) is 0 Å². The van der Waals surface area contributed by atoms with E-state index in [2.05, 4.69) is 67.3 Å². The average molecular weight is 342 g/mol. The molecule has 0 aromatic heterocycles. The SMILES string of the molecule is C.C.CC(C)C1CCN(CC(C2=CCCC=C2)c2ccccc2)CC1. The van der Waals surface area contributed by atoms with Gasteiger partial charge >= 0.3 is 0 Å². The van der Waals surface area contributed by atoms with Gasteiger partial charge in [-0.05, 0) is 61.7 Å². The van der Waals surface area contributed by atoms with Gasteiger partial charge in [0.2, 0.25) is 0 Å². The zero-order chi connectivity index (χ0) is 16.1. The summed E-state index contributed by atoms with van der Waals surface area (Å²) < 4.78 is 0. The van der Waals surface area contributed by atoms with Crippen molar-refractivity contribution in [3.8, 4) is 0 Å². The van der Waals surface area contributed by atoms with E-state index in [1.54, 1.807) is 0 Å². The van der Waals surface area contributed by atoms with Crippen LogP contribution >= 0.6 is 0 Å². The molecule has 0 amide bonds. The maximum Gasteiger partial charge on any atom is 0.0214 e. The van der Waals surface area contributed by atoms with Crippen LogP contribution in [0.25, 0.3) is 0 Å². The second-order valence-electron chi connectivity index (χ2n) is 7.53. The topological polar surface area (TPSA) is 3.24 Å². The first-order chi connectivity index (χ1) is 11.2. The molecule has 1 atom stereocenters. The van der Waals surface area contributed by atoms with Gasteiger partial charge in [0.05, 0.1) is 0 Å². The first-order valence-corrected chi connectivity index (χ1v) is 9.38. The molecule has 1 aliphatic heterocycles. The fourth-order valence-corrected chi connectivity index (χ4v) is 4.04. The third kappa shape index (κ3) is 5.85. The van der Waals surface area contributed by atoms with Crippen LogP contribution < -0.4 is 0 Å². The van der Waals surface area contributed by atoms with Crippen LogP contribution in [0.15, 0.2) is 54.1 Å². The minimum atomic E-state index is 0. The fourth-order valence-electron chi connectivity index (χ4n) is 4.04. The molecule has 0 spiro atoms. The number of nitrogens with zero attached hydrogens (tertiary/aromatic N) is 1. The Morgan fingerprint density at radius 1 is 1.00 bits per heavy atom. The Kier molecular flexibility index (Phi) is 9.21. The highest BCUT2D eigenvalue weighted by Gasteiger charge is 2.25. The molecule has 1 fully saturated rings. The normalized spacial score (nSPS) is 19.7. The lowest BCUT2D eigenvalue weighted by atomic mass is 9.84. The molecule has 1 aliphatic carbocycles. The molecule has 1 aromatic rings. The molecule has 3 rings (SSSR count). The summed E-state index contributed by atoms with van der Waals surface area (Å²) in [7, 11) is 0. The summed E-state index contributed by atoms with van der Waals surface area (Å²) in [5, 5.41) is 0. The Labute approximate surface area is 156 Å². The van der Waals surface area contributed by atoms with Crippen LogP contribution in [-0.4, -0.2) is 24.5 Å². The van der Waals surface area contributed by atoms with Gasteiger partial charge in [-0.25, -0.2) is 0 Å². The predicted octanol–water partition coefficient (Wildman–Crippen LogP) is 6.69. The summed E-state index contributed by atoms with van der Waals surface area (Å²) >= 11 is 0. The molecule has 0 N–H and O–H groups in total. The summed E-state index contributed by atoms with van der Waals surface area (Å²) in [6.07, 6.45) is 12.3. The van der Waals surface area contributed by atoms with Crippen molar-refractivity contribution in [1.29, 1.82) is 0 Å². The molecule has 1 nitrogen and oxygen atoms in total. The molecule has 1 unspecified atom stereocenters. The molecule has 2 aliphatic rings. The number of piperidine rings is 1. The second-order valence-corrected chi connectivity index (χ2v) is 7.53. The third-order valence-electron chi connectivity index (χ3n) is 5.64. The van der Waals surface area contributed by atoms with Crippen LogP contribution in [0.3, 0.4) is 0 Å². The smallest absolute Gasteiger partial charge is 0.0214 e. The highest BCUT2D eigenvalue weighted by molar-refractivity contribution is 5.37. The van der Waals surface area contributed by atoms with Gasteiger partial charge in [-0.3, -0.25) is 0 Å². The van der Waals surface area contributed by atoms with Gasteiger partial charge in [0.25, 0.3) is 0 Å². The number of allylic oxidation sites excluding steroid dienone is 3. The minimum Gasteiger partial charge on any atom is -0.302 e. The summed E-state index contributed by atoms with van der Waals surface area (Å²) in [4.78, 5) is 2.69. The van der Waals surface area contributed by atoms with E-state index in [0.717, 1.165) is 11.8 Å². The van der Waals surface area contributed by atoms with E-state index in [4.69, 9.17) is 0 Å². The molecular weight excluding hydrogens is 302 g/mol. The number of rotatable bonds is 5. The first-order valence-electron chi connectivity index (χ1n) is 9.38. The van der Waals surface area contributed by atoms with Crippen molar-refractivity contribution in [3.05, 3.63) is 59.7 Å². The molecule has 0 bridgehead atoms. The van der Waals surface area contributed by atoms with Crippen LogP contribution in [0, 0.1) is 11.8 Å². The van der Waals surface area contributed by atoms with Crippen molar-refractivity contribution >= 4 is 0 Å². The standard InChI is InChI=1S/C22H31N.2CH4/c1-18(2)19-13-15-23(16-14-19)17-22(20-9-5-3-6-10-20)21-11-7-4-8-12-21;;/h3,5-7,9-12,18-19,22H,4,8,13-17H2,1-2H3;2*1H4. The predicted molar refractivity (Wildman–Crippen MR) is 113 cm³/mol. The molecule has 1 saturated heterocycles. The zero-order valence-corrected chi connectivity index (χ0v) is 14.7. The second kappa shape index (κ2) is 10.6. The highest BCUT2D eigenvalue weighted by atomic mass is 15.1. The van der Waals surface area contributed by atoms with E-state index in [-0.39, 0.29) is 14.9 Å². The van der Waals surface area contributed by atoms with Crippen LogP contribution in [0.4, 0.5) is 0 Å². The van der Waals surface area contributed by atoms with Crippen molar-refractivity contribution in [2.24, 2.45) is 11.8 Å². The molecule has 25 heavy (non-hydrogen) atoms. The van der Waals surface area contributed by atoms with E-state index >= 15 is 0 Å². The molecule has 1 aromatic carbocycles. The lowest BCUT2D eigenvalue weighted by Crippen LogP contribution is -2.38. The average Bonchev–Trinajstić information content (AvgIpc) is 2.61. The monoisotopic (exact) mass is 341 g/mol. The van der Waals surface area contributed by atoms with E-state index in [0.29, 0.717) is 5.92 Å². The summed E-state index contributed by atoms with van der Waals surface area (Å²) in [6, 6.07) is 11.1. The molecule has 1 heterocycles. The molecule has 1 heteroatoms. The number of likely N-dealkylation sites (tertiary alicyclic amines) is 1. The Balaban J connectivity index is 0.00000156. The van der Waals surface area contributed by atoms with Gasteiger partial charge < -0.3 is 4.90 Å². The van der Waals surface area contributed by atoms with E-state index in [1.165, 1.54) is 56.5 Å². The summed E-state index contributed by atoms with van der Waals surface area (Å²) in [5.41, 5.74) is 2.99. The summed E-state index contributed by atoms with van der Waals surface area (Å²) in [5.74, 6) is 2.30. The van der Waals surface area contributed by atoms with Crippen LogP contribution in [0.2, 0.25) is 0 Å². The maximum absolute atomic E-state index is 2.69. The Hall–Kier alpha value is -1.34. The fraction of sp³-hybridized carbons (Fsp3) is 0.583. The van der Waals surface area contributed by atoms with E-state index in [1.807, 2.05) is 0 Å². The highest BCUT2D eigenvalue weighted by Crippen LogP contribution is 2.31. The van der Waals surface area contributed by atoms with Gasteiger partial charge in [0, 0.05) is 12.5 Å².